The number of hydrogen-bond acceptors (Lipinski definition) is 9. The normalized spacial score (nSPS) is 11.6. The van der Waals surface area contributed by atoms with Crippen LogP contribution in [0, 0.1) is 0 Å². The van der Waals surface area contributed by atoms with Gasteiger partial charge in [-0.2, -0.15) is 0 Å². The van der Waals surface area contributed by atoms with E-state index in [1.54, 1.807) is 13.2 Å². The largest absolute Gasteiger partial charge is 0.504 e. The van der Waals surface area contributed by atoms with Crippen molar-refractivity contribution >= 4 is 17.7 Å². The van der Waals surface area contributed by atoms with Crippen LogP contribution in [0.4, 0.5) is 0 Å². The molecule has 8 nitrogen and oxygen atoms in total. The second-order valence-electron chi connectivity index (χ2n) is 7.02. The van der Waals surface area contributed by atoms with Crippen LogP contribution in [0.15, 0.2) is 62.6 Å². The van der Waals surface area contributed by atoms with Gasteiger partial charge in [0.05, 0.1) is 39.4 Å². The van der Waals surface area contributed by atoms with Crippen LogP contribution in [0.3, 0.4) is 0 Å². The number of thioether (sulfide) groups is 1. The summed E-state index contributed by atoms with van der Waals surface area (Å²) in [5.41, 5.74) is -0.189. The van der Waals surface area contributed by atoms with Crippen molar-refractivity contribution in [2.45, 2.75) is 23.0 Å². The molecule has 3 aromatic rings. The van der Waals surface area contributed by atoms with Crippen molar-refractivity contribution in [2.24, 2.45) is 0 Å². The lowest BCUT2D eigenvalue weighted by Gasteiger charge is -2.18. The predicted molar refractivity (Wildman–Crippen MR) is 122 cm³/mol. The van der Waals surface area contributed by atoms with Crippen molar-refractivity contribution in [3.05, 3.63) is 75.8 Å². The summed E-state index contributed by atoms with van der Waals surface area (Å²) >= 11 is 1.43. The molecule has 9 heteroatoms. The van der Waals surface area contributed by atoms with E-state index in [0.717, 1.165) is 10.6 Å². The van der Waals surface area contributed by atoms with E-state index in [1.807, 2.05) is 24.3 Å². The lowest BCUT2D eigenvalue weighted by atomic mass is 9.92. The predicted octanol–water partition coefficient (Wildman–Crippen LogP) is 4.06. The maximum absolute atomic E-state index is 12.5. The van der Waals surface area contributed by atoms with E-state index < -0.39 is 23.1 Å². The molecule has 2 N–H and O–H groups in total. The van der Waals surface area contributed by atoms with Crippen LogP contribution in [0.25, 0.3) is 0 Å². The Morgan fingerprint density at radius 2 is 1.76 bits per heavy atom. The fourth-order valence-electron chi connectivity index (χ4n) is 3.22. The summed E-state index contributed by atoms with van der Waals surface area (Å²) in [4.78, 5) is 25.5. The maximum atomic E-state index is 12.5. The van der Waals surface area contributed by atoms with Crippen LogP contribution >= 0.6 is 11.8 Å². The summed E-state index contributed by atoms with van der Waals surface area (Å²) in [7, 11) is 4.24. The van der Waals surface area contributed by atoms with Crippen LogP contribution in [-0.2, 0) is 15.3 Å². The zero-order chi connectivity index (χ0) is 24.0. The minimum atomic E-state index is -0.868. The highest BCUT2D eigenvalue weighted by Gasteiger charge is 2.27. The Bertz CT molecular complexity index is 1170. The van der Waals surface area contributed by atoms with Gasteiger partial charge in [0.25, 0.3) is 0 Å². The molecule has 1 heterocycles. The summed E-state index contributed by atoms with van der Waals surface area (Å²) < 4.78 is 20.9. The summed E-state index contributed by atoms with van der Waals surface area (Å²) in [6, 6.07) is 13.2. The zero-order valence-corrected chi connectivity index (χ0v) is 19.2. The Kier molecular flexibility index (Phi) is 7.89. The molecule has 0 radical (unpaired) electrons. The van der Waals surface area contributed by atoms with E-state index in [0.29, 0.717) is 17.1 Å². The van der Waals surface area contributed by atoms with E-state index in [2.05, 4.69) is 0 Å². The van der Waals surface area contributed by atoms with Gasteiger partial charge in [-0.05, 0) is 42.0 Å². The number of methoxy groups -OCH3 is 3. The van der Waals surface area contributed by atoms with Gasteiger partial charge in [0.1, 0.15) is 11.5 Å². The van der Waals surface area contributed by atoms with Gasteiger partial charge in [-0.15, -0.1) is 11.8 Å². The van der Waals surface area contributed by atoms with Gasteiger partial charge in [0.15, 0.2) is 17.3 Å². The standard InChI is InChI=1S/C24H24O8S/c1-29-15-5-7-17(8-6-15)33-13-16-11-20(26)23(28)24(32-16)18(12-22(27)31-3)14-4-9-21(30-2)19(25)10-14/h4-11,18,25,28H,12-13H2,1-3H3/t18-/m1/s1. The second-order valence-corrected chi connectivity index (χ2v) is 8.07. The van der Waals surface area contributed by atoms with Crippen LogP contribution in [0.2, 0.25) is 0 Å². The van der Waals surface area contributed by atoms with Crippen LogP contribution in [0.1, 0.15) is 29.4 Å². The summed E-state index contributed by atoms with van der Waals surface area (Å²) in [5.74, 6) is -0.673. The van der Waals surface area contributed by atoms with Gasteiger partial charge in [0.2, 0.25) is 11.2 Å². The molecule has 0 saturated heterocycles. The molecule has 0 spiro atoms. The highest BCUT2D eigenvalue weighted by molar-refractivity contribution is 7.98. The number of phenols is 1. The Hall–Kier alpha value is -3.59. The molecule has 0 aliphatic rings. The molecule has 0 bridgehead atoms. The third-order valence-electron chi connectivity index (χ3n) is 4.96. The van der Waals surface area contributed by atoms with Gasteiger partial charge in [0, 0.05) is 11.0 Å². The molecule has 0 unspecified atom stereocenters. The molecule has 0 amide bonds. The smallest absolute Gasteiger partial charge is 0.306 e. The lowest BCUT2D eigenvalue weighted by Crippen LogP contribution is -2.14. The maximum Gasteiger partial charge on any atom is 0.306 e. The van der Waals surface area contributed by atoms with Gasteiger partial charge >= 0.3 is 5.97 Å². The van der Waals surface area contributed by atoms with Crippen molar-refractivity contribution in [3.63, 3.8) is 0 Å². The van der Waals surface area contributed by atoms with Gasteiger partial charge in [-0.1, -0.05) is 6.07 Å². The van der Waals surface area contributed by atoms with Crippen LogP contribution in [0.5, 0.6) is 23.0 Å². The third kappa shape index (κ3) is 5.81. The Labute approximate surface area is 194 Å². The number of hydrogen-bond donors (Lipinski definition) is 2. The molecule has 0 saturated carbocycles. The molecule has 3 rings (SSSR count). The van der Waals surface area contributed by atoms with E-state index in [9.17, 15) is 19.8 Å². The quantitative estimate of drug-likeness (QED) is 0.351. The average molecular weight is 473 g/mol. The second kappa shape index (κ2) is 10.8. The van der Waals surface area contributed by atoms with Gasteiger partial charge in [-0.3, -0.25) is 9.59 Å². The monoisotopic (exact) mass is 472 g/mol. The number of rotatable bonds is 9. The van der Waals surface area contributed by atoms with Gasteiger partial charge in [-0.25, -0.2) is 0 Å². The molecule has 0 aliphatic heterocycles. The van der Waals surface area contributed by atoms with Gasteiger partial charge < -0.3 is 28.8 Å². The molecule has 1 aromatic heterocycles. The first-order chi connectivity index (χ1) is 15.9. The molecule has 174 valence electrons. The molecule has 0 fully saturated rings. The zero-order valence-electron chi connectivity index (χ0n) is 18.4. The number of carbonyl (C=O) groups excluding carboxylic acids is 1. The molecular weight excluding hydrogens is 448 g/mol. The van der Waals surface area contributed by atoms with Crippen molar-refractivity contribution in [2.75, 3.05) is 21.3 Å². The first-order valence-corrected chi connectivity index (χ1v) is 10.9. The minimum Gasteiger partial charge on any atom is -0.504 e. The fraction of sp³-hybridized carbons (Fsp3) is 0.250. The van der Waals surface area contributed by atoms with Crippen molar-refractivity contribution in [1.82, 2.24) is 0 Å². The Morgan fingerprint density at radius 1 is 1.03 bits per heavy atom. The van der Waals surface area contributed by atoms with Crippen LogP contribution in [-0.4, -0.2) is 37.5 Å². The first-order valence-electron chi connectivity index (χ1n) is 9.92. The van der Waals surface area contributed by atoms with E-state index in [4.69, 9.17) is 18.6 Å². The Morgan fingerprint density at radius 3 is 2.36 bits per heavy atom. The van der Waals surface area contributed by atoms with E-state index >= 15 is 0 Å². The third-order valence-corrected chi connectivity index (χ3v) is 6.00. The lowest BCUT2D eigenvalue weighted by molar-refractivity contribution is -0.140. The fourth-order valence-corrected chi connectivity index (χ4v) is 4.00. The Balaban J connectivity index is 1.96. The van der Waals surface area contributed by atoms with Crippen molar-refractivity contribution in [3.8, 4) is 23.0 Å². The molecule has 33 heavy (non-hydrogen) atoms. The molecule has 0 aliphatic carbocycles. The SMILES string of the molecule is COC(=O)C[C@H](c1ccc(OC)c(O)c1)c1oc(CSc2ccc(OC)cc2)cc(=O)c1O. The number of ether oxygens (including phenoxy) is 3. The summed E-state index contributed by atoms with van der Waals surface area (Å²) in [6.45, 7) is 0. The summed E-state index contributed by atoms with van der Waals surface area (Å²) in [6.07, 6.45) is -0.214. The molecule has 1 atom stereocenters. The number of benzene rings is 2. The molecule has 2 aromatic carbocycles. The molecular formula is C24H24O8S. The van der Waals surface area contributed by atoms with Crippen molar-refractivity contribution in [1.29, 1.82) is 0 Å². The van der Waals surface area contributed by atoms with Crippen molar-refractivity contribution < 1.29 is 33.6 Å². The van der Waals surface area contributed by atoms with E-state index in [-0.39, 0.29) is 23.7 Å². The number of carbonyl (C=O) groups is 1. The first kappa shape index (κ1) is 24.1. The summed E-state index contributed by atoms with van der Waals surface area (Å²) in [5, 5.41) is 20.7. The number of esters is 1. The topological polar surface area (TPSA) is 115 Å². The number of phenolic OH excluding ortho intramolecular Hbond substituents is 1. The van der Waals surface area contributed by atoms with E-state index in [1.165, 1.54) is 44.2 Å². The van der Waals surface area contributed by atoms with Crippen LogP contribution < -0.4 is 14.9 Å². The number of aromatic hydroxyl groups is 2. The minimum absolute atomic E-state index is 0.0807. The highest BCUT2D eigenvalue weighted by atomic mass is 32.2. The highest BCUT2D eigenvalue weighted by Crippen LogP contribution is 2.38. The average Bonchev–Trinajstić information content (AvgIpc) is 2.83.